The van der Waals surface area contributed by atoms with Crippen LogP contribution in [0.15, 0.2) is 30.5 Å². The Labute approximate surface area is 87.1 Å². The first-order chi connectivity index (χ1) is 6.66. The Morgan fingerprint density at radius 2 is 2.14 bits per heavy atom. The van der Waals surface area contributed by atoms with Crippen molar-refractivity contribution in [2.24, 2.45) is 7.05 Å². The van der Waals surface area contributed by atoms with Crippen molar-refractivity contribution in [3.63, 3.8) is 0 Å². The standard InChI is InChI=1S/C10H10ClN3/c1-14-5-4-10(13-14)8-6-7(11)2-3-9(8)12/h2-6H,12H2,1H3. The van der Waals surface area contributed by atoms with Crippen LogP contribution in [-0.4, -0.2) is 9.78 Å². The molecule has 1 aromatic heterocycles. The molecule has 3 nitrogen and oxygen atoms in total. The largest absolute Gasteiger partial charge is 0.398 e. The Bertz CT molecular complexity index is 462. The quantitative estimate of drug-likeness (QED) is 0.730. The second-order valence-corrected chi connectivity index (χ2v) is 3.54. The molecule has 0 saturated heterocycles. The maximum absolute atomic E-state index is 5.88. The van der Waals surface area contributed by atoms with Crippen LogP contribution in [0, 0.1) is 0 Å². The van der Waals surface area contributed by atoms with E-state index >= 15 is 0 Å². The minimum atomic E-state index is 0.667. The molecule has 0 amide bonds. The summed E-state index contributed by atoms with van der Waals surface area (Å²) in [6, 6.07) is 7.27. The Hall–Kier alpha value is -1.48. The zero-order chi connectivity index (χ0) is 10.1. The highest BCUT2D eigenvalue weighted by Crippen LogP contribution is 2.27. The topological polar surface area (TPSA) is 43.8 Å². The second-order valence-electron chi connectivity index (χ2n) is 3.11. The van der Waals surface area contributed by atoms with Gasteiger partial charge >= 0.3 is 0 Å². The van der Waals surface area contributed by atoms with E-state index in [9.17, 15) is 0 Å². The summed E-state index contributed by atoms with van der Waals surface area (Å²) in [6.07, 6.45) is 1.87. The minimum Gasteiger partial charge on any atom is -0.398 e. The smallest absolute Gasteiger partial charge is 0.0944 e. The van der Waals surface area contributed by atoms with Crippen LogP contribution >= 0.6 is 11.6 Å². The maximum Gasteiger partial charge on any atom is 0.0944 e. The minimum absolute atomic E-state index is 0.667. The van der Waals surface area contributed by atoms with E-state index in [1.807, 2.05) is 25.4 Å². The normalized spacial score (nSPS) is 10.4. The molecule has 0 bridgehead atoms. The molecule has 2 rings (SSSR count). The summed E-state index contributed by atoms with van der Waals surface area (Å²) < 4.78 is 1.73. The number of hydrogen-bond donors (Lipinski definition) is 1. The molecular weight excluding hydrogens is 198 g/mol. The van der Waals surface area contributed by atoms with Crippen molar-refractivity contribution in [3.05, 3.63) is 35.5 Å². The average molecular weight is 208 g/mol. The molecule has 2 N–H and O–H groups in total. The molecular formula is C10H10ClN3. The molecule has 0 unspecified atom stereocenters. The number of nitrogens with zero attached hydrogens (tertiary/aromatic N) is 2. The van der Waals surface area contributed by atoms with Crippen molar-refractivity contribution in [1.82, 2.24) is 9.78 Å². The van der Waals surface area contributed by atoms with Crippen LogP contribution in [0.4, 0.5) is 5.69 Å². The van der Waals surface area contributed by atoms with Gasteiger partial charge in [-0.05, 0) is 24.3 Å². The molecule has 72 valence electrons. The summed E-state index contributed by atoms with van der Waals surface area (Å²) in [7, 11) is 1.87. The lowest BCUT2D eigenvalue weighted by Gasteiger charge is -2.02. The molecule has 14 heavy (non-hydrogen) atoms. The number of halogens is 1. The van der Waals surface area contributed by atoms with Gasteiger partial charge in [0.25, 0.3) is 0 Å². The lowest BCUT2D eigenvalue weighted by molar-refractivity contribution is 0.771. The number of aromatic nitrogens is 2. The van der Waals surface area contributed by atoms with Gasteiger partial charge in [-0.25, -0.2) is 0 Å². The van der Waals surface area contributed by atoms with Crippen LogP contribution in [-0.2, 0) is 7.05 Å². The first-order valence-electron chi connectivity index (χ1n) is 4.22. The number of benzene rings is 1. The van der Waals surface area contributed by atoms with Crippen LogP contribution in [0.5, 0.6) is 0 Å². The van der Waals surface area contributed by atoms with Gasteiger partial charge in [-0.2, -0.15) is 5.10 Å². The van der Waals surface area contributed by atoms with Crippen LogP contribution in [0.3, 0.4) is 0 Å². The molecule has 0 atom stereocenters. The molecule has 2 aromatic rings. The first-order valence-corrected chi connectivity index (χ1v) is 4.59. The van der Waals surface area contributed by atoms with Gasteiger partial charge < -0.3 is 5.73 Å². The fourth-order valence-corrected chi connectivity index (χ4v) is 1.48. The summed E-state index contributed by atoms with van der Waals surface area (Å²) in [5.41, 5.74) is 8.22. The van der Waals surface area contributed by atoms with Crippen molar-refractivity contribution >= 4 is 17.3 Å². The van der Waals surface area contributed by atoms with Crippen LogP contribution in [0.2, 0.25) is 5.02 Å². The van der Waals surface area contributed by atoms with E-state index in [0.717, 1.165) is 11.3 Å². The van der Waals surface area contributed by atoms with Crippen molar-refractivity contribution in [1.29, 1.82) is 0 Å². The van der Waals surface area contributed by atoms with Crippen molar-refractivity contribution < 1.29 is 0 Å². The Kier molecular flexibility index (Phi) is 2.17. The van der Waals surface area contributed by atoms with Gasteiger partial charge in [0.15, 0.2) is 0 Å². The van der Waals surface area contributed by atoms with Gasteiger partial charge in [0, 0.05) is 29.5 Å². The molecule has 0 spiro atoms. The Balaban J connectivity index is 2.55. The van der Waals surface area contributed by atoms with Gasteiger partial charge in [0.05, 0.1) is 5.69 Å². The highest BCUT2D eigenvalue weighted by Gasteiger charge is 2.05. The highest BCUT2D eigenvalue weighted by molar-refractivity contribution is 6.31. The SMILES string of the molecule is Cn1ccc(-c2cc(Cl)ccc2N)n1. The number of aryl methyl sites for hydroxylation is 1. The zero-order valence-electron chi connectivity index (χ0n) is 7.74. The van der Waals surface area contributed by atoms with Crippen molar-refractivity contribution in [2.75, 3.05) is 5.73 Å². The van der Waals surface area contributed by atoms with E-state index in [-0.39, 0.29) is 0 Å². The predicted octanol–water partition coefficient (Wildman–Crippen LogP) is 2.32. The summed E-state index contributed by atoms with van der Waals surface area (Å²) in [5.74, 6) is 0. The number of anilines is 1. The van der Waals surface area contributed by atoms with Crippen LogP contribution in [0.1, 0.15) is 0 Å². The fourth-order valence-electron chi connectivity index (χ4n) is 1.31. The van der Waals surface area contributed by atoms with E-state index in [2.05, 4.69) is 5.10 Å². The lowest BCUT2D eigenvalue weighted by Crippen LogP contribution is -1.92. The molecule has 4 heteroatoms. The van der Waals surface area contributed by atoms with Gasteiger partial charge in [-0.1, -0.05) is 11.6 Å². The van der Waals surface area contributed by atoms with Crippen molar-refractivity contribution in [3.8, 4) is 11.3 Å². The molecule has 0 saturated carbocycles. The number of nitrogens with two attached hydrogens (primary N) is 1. The predicted molar refractivity (Wildman–Crippen MR) is 58.1 cm³/mol. The maximum atomic E-state index is 5.88. The first kappa shape index (κ1) is 9.09. The Morgan fingerprint density at radius 1 is 1.36 bits per heavy atom. The lowest BCUT2D eigenvalue weighted by atomic mass is 10.1. The van der Waals surface area contributed by atoms with Gasteiger partial charge in [-0.3, -0.25) is 4.68 Å². The van der Waals surface area contributed by atoms with E-state index < -0.39 is 0 Å². The number of nitrogen functional groups attached to an aromatic ring is 1. The number of hydrogen-bond acceptors (Lipinski definition) is 2. The third-order valence-corrected chi connectivity index (χ3v) is 2.24. The third-order valence-electron chi connectivity index (χ3n) is 2.00. The molecule has 0 radical (unpaired) electrons. The monoisotopic (exact) mass is 207 g/mol. The molecule has 0 aliphatic carbocycles. The summed E-state index contributed by atoms with van der Waals surface area (Å²) >= 11 is 5.88. The molecule has 1 aromatic carbocycles. The molecule has 0 aliphatic heterocycles. The van der Waals surface area contributed by atoms with E-state index in [0.29, 0.717) is 10.7 Å². The van der Waals surface area contributed by atoms with Gasteiger partial charge in [0.1, 0.15) is 0 Å². The molecule has 0 aliphatic rings. The second kappa shape index (κ2) is 3.35. The Morgan fingerprint density at radius 3 is 2.79 bits per heavy atom. The van der Waals surface area contributed by atoms with E-state index in [4.69, 9.17) is 17.3 Å². The average Bonchev–Trinajstić information content (AvgIpc) is 2.56. The summed E-state index contributed by atoms with van der Waals surface area (Å²) in [4.78, 5) is 0. The molecule has 0 fully saturated rings. The van der Waals surface area contributed by atoms with Crippen LogP contribution < -0.4 is 5.73 Å². The molecule has 1 heterocycles. The summed E-state index contributed by atoms with van der Waals surface area (Å²) in [6.45, 7) is 0. The van der Waals surface area contributed by atoms with Crippen molar-refractivity contribution in [2.45, 2.75) is 0 Å². The fraction of sp³-hybridized carbons (Fsp3) is 0.100. The zero-order valence-corrected chi connectivity index (χ0v) is 8.49. The highest BCUT2D eigenvalue weighted by atomic mass is 35.5. The van der Waals surface area contributed by atoms with Gasteiger partial charge in [-0.15, -0.1) is 0 Å². The van der Waals surface area contributed by atoms with E-state index in [1.54, 1.807) is 16.8 Å². The van der Waals surface area contributed by atoms with Crippen LogP contribution in [0.25, 0.3) is 11.3 Å². The van der Waals surface area contributed by atoms with Gasteiger partial charge in [0.2, 0.25) is 0 Å². The third kappa shape index (κ3) is 1.59. The number of rotatable bonds is 1. The summed E-state index contributed by atoms with van der Waals surface area (Å²) in [5, 5.41) is 4.93. The van der Waals surface area contributed by atoms with E-state index in [1.165, 1.54) is 0 Å².